The fourth-order valence-electron chi connectivity index (χ4n) is 4.11. The zero-order valence-electron chi connectivity index (χ0n) is 12.3. The average Bonchev–Trinajstić information content (AvgIpc) is 2.27. The molecule has 3 aliphatic carbocycles. The minimum Gasteiger partial charge on any atom is -0.463 e. The lowest BCUT2D eigenvalue weighted by Gasteiger charge is -2.49. The molecular formula is C16H26O2. The van der Waals surface area contributed by atoms with Crippen molar-refractivity contribution in [2.24, 2.45) is 29.6 Å². The Kier molecular flexibility index (Phi) is 3.84. The second kappa shape index (κ2) is 5.07. The monoisotopic (exact) mass is 250 g/mol. The smallest absolute Gasteiger partial charge is 0.302 e. The summed E-state index contributed by atoms with van der Waals surface area (Å²) in [5.41, 5.74) is 1.52. The zero-order chi connectivity index (χ0) is 13.4. The highest BCUT2D eigenvalue weighted by molar-refractivity contribution is 5.66. The van der Waals surface area contributed by atoms with Gasteiger partial charge in [-0.1, -0.05) is 25.5 Å². The highest BCUT2D eigenvalue weighted by Gasteiger charge is 2.44. The molecular weight excluding hydrogens is 224 g/mol. The van der Waals surface area contributed by atoms with Crippen LogP contribution < -0.4 is 0 Å². The van der Waals surface area contributed by atoms with Crippen LogP contribution >= 0.6 is 0 Å². The van der Waals surface area contributed by atoms with Crippen molar-refractivity contribution in [2.75, 3.05) is 0 Å². The normalized spacial score (nSPS) is 36.4. The molecule has 3 aliphatic rings. The summed E-state index contributed by atoms with van der Waals surface area (Å²) in [6.07, 6.45) is 5.02. The summed E-state index contributed by atoms with van der Waals surface area (Å²) >= 11 is 0. The van der Waals surface area contributed by atoms with Crippen LogP contribution in [-0.2, 0) is 9.53 Å². The van der Waals surface area contributed by atoms with Crippen LogP contribution in [0.4, 0.5) is 0 Å². The number of hydrogen-bond acceptors (Lipinski definition) is 2. The highest BCUT2D eigenvalue weighted by Crippen LogP contribution is 2.51. The molecule has 102 valence electrons. The van der Waals surface area contributed by atoms with Crippen molar-refractivity contribution in [3.63, 3.8) is 0 Å². The average molecular weight is 250 g/mol. The van der Waals surface area contributed by atoms with Crippen LogP contribution in [0.5, 0.6) is 0 Å². The summed E-state index contributed by atoms with van der Waals surface area (Å²) < 4.78 is 5.42. The second-order valence-electron chi connectivity index (χ2n) is 6.54. The maximum atomic E-state index is 11.1. The number of rotatable bonds is 3. The van der Waals surface area contributed by atoms with Gasteiger partial charge in [0.15, 0.2) is 0 Å². The van der Waals surface area contributed by atoms with Gasteiger partial charge in [0.1, 0.15) is 6.10 Å². The molecule has 1 saturated carbocycles. The molecule has 0 amide bonds. The van der Waals surface area contributed by atoms with Crippen LogP contribution in [0.15, 0.2) is 11.6 Å². The molecule has 2 bridgehead atoms. The van der Waals surface area contributed by atoms with Gasteiger partial charge >= 0.3 is 5.97 Å². The Bertz CT molecular complexity index is 356. The Hall–Kier alpha value is -0.790. The van der Waals surface area contributed by atoms with Gasteiger partial charge in [-0.25, -0.2) is 0 Å². The van der Waals surface area contributed by atoms with E-state index in [-0.39, 0.29) is 12.1 Å². The molecule has 5 unspecified atom stereocenters. The molecule has 2 heteroatoms. The third kappa shape index (κ3) is 2.48. The maximum absolute atomic E-state index is 11.1. The topological polar surface area (TPSA) is 26.3 Å². The molecule has 0 aliphatic heterocycles. The van der Waals surface area contributed by atoms with E-state index in [0.717, 1.165) is 11.8 Å². The molecule has 0 aromatic rings. The summed E-state index contributed by atoms with van der Waals surface area (Å²) in [4.78, 5) is 11.1. The largest absolute Gasteiger partial charge is 0.463 e. The van der Waals surface area contributed by atoms with E-state index in [0.29, 0.717) is 17.8 Å². The van der Waals surface area contributed by atoms with Crippen LogP contribution in [0.1, 0.15) is 47.5 Å². The first-order valence-corrected chi connectivity index (χ1v) is 7.25. The Morgan fingerprint density at radius 2 is 1.94 bits per heavy atom. The number of esters is 1. The molecule has 0 spiro atoms. The predicted molar refractivity (Wildman–Crippen MR) is 73.0 cm³/mol. The molecule has 0 saturated heterocycles. The fraction of sp³-hybridized carbons (Fsp3) is 0.812. The quantitative estimate of drug-likeness (QED) is 0.562. The van der Waals surface area contributed by atoms with E-state index in [4.69, 9.17) is 4.74 Å². The van der Waals surface area contributed by atoms with Crippen LogP contribution in [0.2, 0.25) is 0 Å². The first-order chi connectivity index (χ1) is 8.40. The summed E-state index contributed by atoms with van der Waals surface area (Å²) in [5, 5.41) is 0. The van der Waals surface area contributed by atoms with Crippen LogP contribution in [-0.4, -0.2) is 12.1 Å². The number of carbonyl (C=O) groups excluding carboxylic acids is 1. The minimum absolute atomic E-state index is 0.0618. The van der Waals surface area contributed by atoms with Crippen molar-refractivity contribution >= 4 is 5.97 Å². The van der Waals surface area contributed by atoms with E-state index >= 15 is 0 Å². The number of allylic oxidation sites excluding steroid dienone is 2. The molecule has 5 atom stereocenters. The maximum Gasteiger partial charge on any atom is 0.302 e. The summed E-state index contributed by atoms with van der Waals surface area (Å²) in [5.74, 6) is 3.27. The Labute approximate surface area is 111 Å². The molecule has 0 radical (unpaired) electrons. The molecule has 0 N–H and O–H groups in total. The number of ether oxygens (including phenoxy) is 1. The van der Waals surface area contributed by atoms with Crippen LogP contribution in [0.3, 0.4) is 0 Å². The van der Waals surface area contributed by atoms with Gasteiger partial charge in [-0.3, -0.25) is 4.79 Å². The highest BCUT2D eigenvalue weighted by atomic mass is 16.5. The zero-order valence-corrected chi connectivity index (χ0v) is 12.3. The fourth-order valence-corrected chi connectivity index (χ4v) is 4.11. The predicted octanol–water partition coefficient (Wildman–Crippen LogP) is 3.81. The van der Waals surface area contributed by atoms with Gasteiger partial charge in [0, 0.05) is 12.8 Å². The summed E-state index contributed by atoms with van der Waals surface area (Å²) in [6.45, 7) is 10.5. The van der Waals surface area contributed by atoms with E-state index < -0.39 is 0 Å². The van der Waals surface area contributed by atoms with Crippen molar-refractivity contribution in [3.8, 4) is 0 Å². The second-order valence-corrected chi connectivity index (χ2v) is 6.54. The third-order valence-electron chi connectivity index (χ3n) is 5.01. The number of fused-ring (bicyclic) bond motifs is 2. The molecule has 0 aromatic heterocycles. The Morgan fingerprint density at radius 3 is 2.44 bits per heavy atom. The lowest BCUT2D eigenvalue weighted by atomic mass is 9.57. The molecule has 18 heavy (non-hydrogen) atoms. The SMILES string of the molecule is CC(=O)OC(C)C1CC2C=C(C)C1CC2C(C)C. The van der Waals surface area contributed by atoms with Crippen molar-refractivity contribution in [1.82, 2.24) is 0 Å². The van der Waals surface area contributed by atoms with Crippen molar-refractivity contribution in [3.05, 3.63) is 11.6 Å². The van der Waals surface area contributed by atoms with Crippen LogP contribution in [0.25, 0.3) is 0 Å². The summed E-state index contributed by atoms with van der Waals surface area (Å²) in [6, 6.07) is 0. The van der Waals surface area contributed by atoms with Crippen molar-refractivity contribution < 1.29 is 9.53 Å². The Balaban J connectivity index is 2.11. The van der Waals surface area contributed by atoms with Gasteiger partial charge < -0.3 is 4.74 Å². The Morgan fingerprint density at radius 1 is 1.28 bits per heavy atom. The van der Waals surface area contributed by atoms with Gasteiger partial charge in [0.25, 0.3) is 0 Å². The lowest BCUT2D eigenvalue weighted by Crippen LogP contribution is -2.43. The van der Waals surface area contributed by atoms with Gasteiger partial charge in [0.2, 0.25) is 0 Å². The first kappa shape index (κ1) is 13.6. The molecule has 3 rings (SSSR count). The first-order valence-electron chi connectivity index (χ1n) is 7.25. The van der Waals surface area contributed by atoms with E-state index in [2.05, 4.69) is 33.8 Å². The van der Waals surface area contributed by atoms with Gasteiger partial charge in [-0.2, -0.15) is 0 Å². The van der Waals surface area contributed by atoms with E-state index in [9.17, 15) is 4.79 Å². The number of hydrogen-bond donors (Lipinski definition) is 0. The van der Waals surface area contributed by atoms with Crippen molar-refractivity contribution in [2.45, 2.75) is 53.6 Å². The lowest BCUT2D eigenvalue weighted by molar-refractivity contribution is -0.150. The van der Waals surface area contributed by atoms with Crippen LogP contribution in [0, 0.1) is 29.6 Å². The molecule has 1 fully saturated rings. The van der Waals surface area contributed by atoms with Crippen molar-refractivity contribution in [1.29, 1.82) is 0 Å². The molecule has 2 nitrogen and oxygen atoms in total. The molecule has 0 aromatic carbocycles. The van der Waals surface area contributed by atoms with Gasteiger partial charge in [-0.15, -0.1) is 0 Å². The number of carbonyl (C=O) groups is 1. The standard InChI is InChI=1S/C16H26O2/c1-9(2)14-8-15-10(3)6-13(14)7-16(15)11(4)18-12(5)17/h6,9,11,13-16H,7-8H2,1-5H3. The van der Waals surface area contributed by atoms with E-state index in [1.807, 2.05) is 0 Å². The minimum atomic E-state index is -0.147. The van der Waals surface area contributed by atoms with Gasteiger partial charge in [-0.05, 0) is 50.4 Å². The van der Waals surface area contributed by atoms with E-state index in [1.54, 1.807) is 0 Å². The molecule has 0 heterocycles. The summed E-state index contributed by atoms with van der Waals surface area (Å²) in [7, 11) is 0. The van der Waals surface area contributed by atoms with Gasteiger partial charge in [0.05, 0.1) is 0 Å². The van der Waals surface area contributed by atoms with E-state index in [1.165, 1.54) is 25.3 Å². The third-order valence-corrected chi connectivity index (χ3v) is 5.01.